The van der Waals surface area contributed by atoms with Crippen molar-refractivity contribution in [2.24, 2.45) is 11.0 Å². The Kier molecular flexibility index (Phi) is 4.90. The van der Waals surface area contributed by atoms with Crippen LogP contribution in [0.1, 0.15) is 29.8 Å². The standard InChI is InChI=1S/C21H21N7O/c1-13(2)10-24-21(29)17-18-20(27-16-8-4-3-7-15(16)26-18)28(19(17)22)25-12-14-6-5-9-23-11-14/h3-9,11-13H,10,22H2,1-2H3,(H,24,29)/b25-12-. The summed E-state index contributed by atoms with van der Waals surface area (Å²) in [5, 5.41) is 7.36. The lowest BCUT2D eigenvalue weighted by Gasteiger charge is -2.07. The molecule has 1 aromatic carbocycles. The maximum absolute atomic E-state index is 12.9. The van der Waals surface area contributed by atoms with E-state index in [2.05, 4.69) is 25.4 Å². The molecule has 3 N–H and O–H groups in total. The lowest BCUT2D eigenvalue weighted by atomic mass is 10.2. The molecule has 4 rings (SSSR count). The summed E-state index contributed by atoms with van der Waals surface area (Å²) in [5.74, 6) is 0.210. The summed E-state index contributed by atoms with van der Waals surface area (Å²) in [6, 6.07) is 11.2. The van der Waals surface area contributed by atoms with Gasteiger partial charge >= 0.3 is 0 Å². The molecule has 0 atom stereocenters. The fourth-order valence-corrected chi connectivity index (χ4v) is 2.95. The highest BCUT2D eigenvalue weighted by Crippen LogP contribution is 2.27. The van der Waals surface area contributed by atoms with Gasteiger partial charge in [0.1, 0.15) is 16.9 Å². The fourth-order valence-electron chi connectivity index (χ4n) is 2.95. The van der Waals surface area contributed by atoms with Gasteiger partial charge in [-0.3, -0.25) is 9.78 Å². The Morgan fingerprint density at radius 3 is 2.66 bits per heavy atom. The highest BCUT2D eigenvalue weighted by Gasteiger charge is 2.24. The van der Waals surface area contributed by atoms with Crippen LogP contribution in [0.25, 0.3) is 22.2 Å². The van der Waals surface area contributed by atoms with Crippen LogP contribution in [-0.4, -0.2) is 38.3 Å². The normalized spacial score (nSPS) is 11.7. The molecule has 0 aliphatic rings. The van der Waals surface area contributed by atoms with Crippen molar-refractivity contribution in [3.05, 3.63) is 59.9 Å². The number of amides is 1. The summed E-state index contributed by atoms with van der Waals surface area (Å²) >= 11 is 0. The minimum atomic E-state index is -0.291. The molecule has 0 saturated carbocycles. The van der Waals surface area contributed by atoms with Crippen molar-refractivity contribution in [1.82, 2.24) is 24.9 Å². The van der Waals surface area contributed by atoms with Gasteiger partial charge in [0, 0.05) is 24.5 Å². The zero-order chi connectivity index (χ0) is 20.4. The predicted molar refractivity (Wildman–Crippen MR) is 114 cm³/mol. The number of pyridine rings is 1. The third-order valence-corrected chi connectivity index (χ3v) is 4.38. The second kappa shape index (κ2) is 7.67. The van der Waals surface area contributed by atoms with Gasteiger partial charge in [0.2, 0.25) is 0 Å². The summed E-state index contributed by atoms with van der Waals surface area (Å²) in [7, 11) is 0. The van der Waals surface area contributed by atoms with Crippen LogP contribution in [0.4, 0.5) is 5.82 Å². The van der Waals surface area contributed by atoms with Gasteiger partial charge in [-0.2, -0.15) is 9.78 Å². The van der Waals surface area contributed by atoms with Gasteiger partial charge < -0.3 is 11.1 Å². The van der Waals surface area contributed by atoms with Crippen LogP contribution in [0.3, 0.4) is 0 Å². The minimum Gasteiger partial charge on any atom is -0.383 e. The monoisotopic (exact) mass is 387 g/mol. The third-order valence-electron chi connectivity index (χ3n) is 4.38. The van der Waals surface area contributed by atoms with Crippen LogP contribution in [0.15, 0.2) is 53.9 Å². The second-order valence-corrected chi connectivity index (χ2v) is 7.09. The van der Waals surface area contributed by atoms with Gasteiger partial charge in [0.25, 0.3) is 5.91 Å². The van der Waals surface area contributed by atoms with Gasteiger partial charge in [-0.15, -0.1) is 0 Å². The molecule has 1 amide bonds. The Morgan fingerprint density at radius 2 is 1.97 bits per heavy atom. The SMILES string of the molecule is CC(C)CNC(=O)c1c(N)n(/N=C\c2cccnc2)c2nc3ccccc3nc12. The number of carbonyl (C=O) groups is 1. The van der Waals surface area contributed by atoms with E-state index in [1.807, 2.05) is 50.2 Å². The van der Waals surface area contributed by atoms with Crippen molar-refractivity contribution >= 4 is 40.1 Å². The van der Waals surface area contributed by atoms with E-state index in [-0.39, 0.29) is 17.3 Å². The predicted octanol–water partition coefficient (Wildman–Crippen LogP) is 2.83. The number of carbonyl (C=O) groups excluding carboxylic acids is 1. The van der Waals surface area contributed by atoms with E-state index in [1.165, 1.54) is 4.68 Å². The van der Waals surface area contributed by atoms with E-state index >= 15 is 0 Å². The highest BCUT2D eigenvalue weighted by atomic mass is 16.1. The summed E-state index contributed by atoms with van der Waals surface area (Å²) < 4.78 is 1.45. The first-order valence-corrected chi connectivity index (χ1v) is 9.34. The largest absolute Gasteiger partial charge is 0.383 e. The number of anilines is 1. The topological polar surface area (TPSA) is 111 Å². The molecule has 0 radical (unpaired) electrons. The highest BCUT2D eigenvalue weighted by molar-refractivity contribution is 6.10. The Hall–Kier alpha value is -3.81. The Bertz CT molecular complexity index is 1210. The molecular weight excluding hydrogens is 366 g/mol. The number of nitrogens with zero attached hydrogens (tertiary/aromatic N) is 5. The number of aromatic nitrogens is 4. The number of benzene rings is 1. The second-order valence-electron chi connectivity index (χ2n) is 7.09. The molecule has 3 aromatic heterocycles. The molecule has 0 aliphatic heterocycles. The zero-order valence-corrected chi connectivity index (χ0v) is 16.2. The molecular formula is C21H21N7O. The summed E-state index contributed by atoms with van der Waals surface area (Å²) in [4.78, 5) is 26.3. The minimum absolute atomic E-state index is 0.191. The molecule has 0 fully saturated rings. The number of para-hydroxylation sites is 2. The molecule has 0 bridgehead atoms. The van der Waals surface area contributed by atoms with Gasteiger partial charge in [-0.25, -0.2) is 9.97 Å². The molecule has 146 valence electrons. The number of rotatable bonds is 5. The van der Waals surface area contributed by atoms with E-state index in [9.17, 15) is 4.79 Å². The molecule has 8 heteroatoms. The van der Waals surface area contributed by atoms with Crippen LogP contribution in [0.5, 0.6) is 0 Å². The van der Waals surface area contributed by atoms with Crippen LogP contribution in [-0.2, 0) is 0 Å². The van der Waals surface area contributed by atoms with E-state index < -0.39 is 0 Å². The van der Waals surface area contributed by atoms with Crippen molar-refractivity contribution in [3.8, 4) is 0 Å². The number of nitrogens with two attached hydrogens (primary N) is 1. The molecule has 29 heavy (non-hydrogen) atoms. The fraction of sp³-hybridized carbons (Fsp3) is 0.190. The van der Waals surface area contributed by atoms with Crippen LogP contribution in [0.2, 0.25) is 0 Å². The molecule has 0 spiro atoms. The first-order chi connectivity index (χ1) is 14.0. The summed E-state index contributed by atoms with van der Waals surface area (Å²) in [5.41, 5.74) is 9.66. The molecule has 4 aromatic rings. The molecule has 8 nitrogen and oxygen atoms in total. The Morgan fingerprint density at radius 1 is 1.21 bits per heavy atom. The van der Waals surface area contributed by atoms with Gasteiger partial charge in [0.05, 0.1) is 17.2 Å². The smallest absolute Gasteiger partial charge is 0.257 e. The lowest BCUT2D eigenvalue weighted by molar-refractivity contribution is 0.0951. The number of nitrogens with one attached hydrogen (secondary N) is 1. The van der Waals surface area contributed by atoms with Crippen LogP contribution in [0, 0.1) is 5.92 Å². The van der Waals surface area contributed by atoms with E-state index in [0.717, 1.165) is 5.56 Å². The quantitative estimate of drug-likeness (QED) is 0.512. The molecule has 0 saturated heterocycles. The maximum Gasteiger partial charge on any atom is 0.257 e. The van der Waals surface area contributed by atoms with Gasteiger partial charge in [0.15, 0.2) is 5.65 Å². The van der Waals surface area contributed by atoms with E-state index in [0.29, 0.717) is 34.7 Å². The van der Waals surface area contributed by atoms with E-state index in [4.69, 9.17) is 5.73 Å². The van der Waals surface area contributed by atoms with Gasteiger partial charge in [-0.1, -0.05) is 32.0 Å². The summed E-state index contributed by atoms with van der Waals surface area (Å²) in [6.07, 6.45) is 4.99. The van der Waals surface area contributed by atoms with Crippen molar-refractivity contribution < 1.29 is 4.79 Å². The van der Waals surface area contributed by atoms with Crippen molar-refractivity contribution in [2.45, 2.75) is 13.8 Å². The number of hydrogen-bond donors (Lipinski definition) is 2. The average molecular weight is 387 g/mol. The van der Waals surface area contributed by atoms with Gasteiger partial charge in [-0.05, 0) is 24.1 Å². The molecule has 0 unspecified atom stereocenters. The lowest BCUT2D eigenvalue weighted by Crippen LogP contribution is -2.28. The number of hydrogen-bond acceptors (Lipinski definition) is 6. The zero-order valence-electron chi connectivity index (χ0n) is 16.2. The van der Waals surface area contributed by atoms with Crippen LogP contribution >= 0.6 is 0 Å². The average Bonchev–Trinajstić information content (AvgIpc) is 2.99. The first-order valence-electron chi connectivity index (χ1n) is 9.34. The Labute approximate surface area is 167 Å². The summed E-state index contributed by atoms with van der Waals surface area (Å²) in [6.45, 7) is 4.59. The van der Waals surface area contributed by atoms with Crippen LogP contribution < -0.4 is 11.1 Å². The molecule has 3 heterocycles. The van der Waals surface area contributed by atoms with Crippen molar-refractivity contribution in [3.63, 3.8) is 0 Å². The third kappa shape index (κ3) is 3.64. The maximum atomic E-state index is 12.9. The van der Waals surface area contributed by atoms with Crippen molar-refractivity contribution in [2.75, 3.05) is 12.3 Å². The number of fused-ring (bicyclic) bond motifs is 2. The molecule has 0 aliphatic carbocycles. The van der Waals surface area contributed by atoms with Crippen molar-refractivity contribution in [1.29, 1.82) is 0 Å². The number of nitrogen functional groups attached to an aromatic ring is 1. The first kappa shape index (κ1) is 18.5. The van der Waals surface area contributed by atoms with E-state index in [1.54, 1.807) is 18.6 Å². The Balaban J connectivity index is 1.89.